The van der Waals surface area contributed by atoms with Gasteiger partial charge in [0.15, 0.2) is 0 Å². The SMILES string of the molecule is Nc1cccc(SCCc2ccc3c(c2)CCO3)c1. The van der Waals surface area contributed by atoms with Gasteiger partial charge in [-0.05, 0) is 41.8 Å². The van der Waals surface area contributed by atoms with E-state index in [0.29, 0.717) is 0 Å². The summed E-state index contributed by atoms with van der Waals surface area (Å²) in [5, 5.41) is 0. The number of nitrogen functional groups attached to an aromatic ring is 1. The number of rotatable bonds is 4. The maximum atomic E-state index is 5.78. The van der Waals surface area contributed by atoms with Crippen molar-refractivity contribution in [2.75, 3.05) is 18.1 Å². The Kier molecular flexibility index (Phi) is 3.65. The molecule has 3 rings (SSSR count). The van der Waals surface area contributed by atoms with Crippen molar-refractivity contribution < 1.29 is 4.74 Å². The maximum Gasteiger partial charge on any atom is 0.122 e. The van der Waals surface area contributed by atoms with Crippen LogP contribution in [-0.4, -0.2) is 12.4 Å². The Morgan fingerprint density at radius 3 is 3.00 bits per heavy atom. The largest absolute Gasteiger partial charge is 0.493 e. The molecule has 1 aliphatic heterocycles. The first-order valence-electron chi connectivity index (χ1n) is 6.54. The summed E-state index contributed by atoms with van der Waals surface area (Å²) in [5.74, 6) is 2.13. The molecule has 2 aromatic rings. The van der Waals surface area contributed by atoms with E-state index in [9.17, 15) is 0 Å². The van der Waals surface area contributed by atoms with E-state index in [0.717, 1.165) is 36.6 Å². The van der Waals surface area contributed by atoms with Gasteiger partial charge < -0.3 is 10.5 Å². The molecule has 2 aromatic carbocycles. The van der Waals surface area contributed by atoms with Crippen LogP contribution in [0, 0.1) is 0 Å². The minimum absolute atomic E-state index is 0.830. The van der Waals surface area contributed by atoms with Crippen LogP contribution in [0.5, 0.6) is 5.75 Å². The van der Waals surface area contributed by atoms with Crippen LogP contribution < -0.4 is 10.5 Å². The molecule has 19 heavy (non-hydrogen) atoms. The average molecular weight is 271 g/mol. The van der Waals surface area contributed by atoms with Crippen LogP contribution in [0.4, 0.5) is 5.69 Å². The Labute approximate surface area is 118 Å². The molecule has 2 nitrogen and oxygen atoms in total. The van der Waals surface area contributed by atoms with Gasteiger partial charge in [-0.2, -0.15) is 0 Å². The minimum Gasteiger partial charge on any atom is -0.493 e. The van der Waals surface area contributed by atoms with Gasteiger partial charge >= 0.3 is 0 Å². The van der Waals surface area contributed by atoms with E-state index >= 15 is 0 Å². The molecule has 0 bridgehead atoms. The Morgan fingerprint density at radius 2 is 2.11 bits per heavy atom. The highest BCUT2D eigenvalue weighted by Gasteiger charge is 2.11. The van der Waals surface area contributed by atoms with E-state index < -0.39 is 0 Å². The molecule has 0 saturated carbocycles. The molecule has 0 fully saturated rings. The second kappa shape index (κ2) is 5.57. The van der Waals surface area contributed by atoms with Crippen molar-refractivity contribution in [3.63, 3.8) is 0 Å². The monoisotopic (exact) mass is 271 g/mol. The number of nitrogens with two attached hydrogens (primary N) is 1. The van der Waals surface area contributed by atoms with Gasteiger partial charge in [0.05, 0.1) is 6.61 Å². The molecule has 0 unspecified atom stereocenters. The quantitative estimate of drug-likeness (QED) is 0.682. The van der Waals surface area contributed by atoms with Gasteiger partial charge in [-0.15, -0.1) is 11.8 Å². The van der Waals surface area contributed by atoms with Gasteiger partial charge in [0.1, 0.15) is 5.75 Å². The second-order valence-electron chi connectivity index (χ2n) is 4.71. The normalized spacial score (nSPS) is 13.1. The maximum absolute atomic E-state index is 5.78. The molecule has 98 valence electrons. The summed E-state index contributed by atoms with van der Waals surface area (Å²) in [6.45, 7) is 0.830. The van der Waals surface area contributed by atoms with E-state index in [4.69, 9.17) is 10.5 Å². The molecule has 2 N–H and O–H groups in total. The van der Waals surface area contributed by atoms with Crippen molar-refractivity contribution >= 4 is 17.4 Å². The third kappa shape index (κ3) is 3.04. The lowest BCUT2D eigenvalue weighted by atomic mass is 10.1. The van der Waals surface area contributed by atoms with Gasteiger partial charge in [0.2, 0.25) is 0 Å². The van der Waals surface area contributed by atoms with Gasteiger partial charge in [0.25, 0.3) is 0 Å². The third-order valence-corrected chi connectivity index (χ3v) is 4.27. The summed E-state index contributed by atoms with van der Waals surface area (Å²) >= 11 is 1.85. The molecule has 0 amide bonds. The Balaban J connectivity index is 1.58. The van der Waals surface area contributed by atoms with Crippen molar-refractivity contribution in [2.45, 2.75) is 17.7 Å². The lowest BCUT2D eigenvalue weighted by molar-refractivity contribution is 0.357. The average Bonchev–Trinajstić information content (AvgIpc) is 2.86. The van der Waals surface area contributed by atoms with Gasteiger partial charge in [-0.25, -0.2) is 0 Å². The van der Waals surface area contributed by atoms with Crippen molar-refractivity contribution in [1.82, 2.24) is 0 Å². The zero-order valence-electron chi connectivity index (χ0n) is 10.8. The fourth-order valence-electron chi connectivity index (χ4n) is 2.29. The van der Waals surface area contributed by atoms with E-state index in [2.05, 4.69) is 24.3 Å². The number of thioether (sulfide) groups is 1. The van der Waals surface area contributed by atoms with Crippen molar-refractivity contribution in [3.05, 3.63) is 53.6 Å². The molecule has 0 aliphatic carbocycles. The first-order valence-corrected chi connectivity index (χ1v) is 7.53. The fraction of sp³-hybridized carbons (Fsp3) is 0.250. The van der Waals surface area contributed by atoms with Crippen molar-refractivity contribution in [1.29, 1.82) is 0 Å². The summed E-state index contributed by atoms with van der Waals surface area (Å²) in [7, 11) is 0. The highest BCUT2D eigenvalue weighted by atomic mass is 32.2. The molecular formula is C16H17NOS. The number of hydrogen-bond acceptors (Lipinski definition) is 3. The van der Waals surface area contributed by atoms with Crippen LogP contribution in [-0.2, 0) is 12.8 Å². The first kappa shape index (κ1) is 12.4. The number of aryl methyl sites for hydroxylation is 1. The van der Waals surface area contributed by atoms with Crippen LogP contribution in [0.2, 0.25) is 0 Å². The van der Waals surface area contributed by atoms with Gasteiger partial charge in [-0.3, -0.25) is 0 Å². The standard InChI is InChI=1S/C16H17NOS/c17-14-2-1-3-15(11-14)19-9-7-12-4-5-16-13(10-12)6-8-18-16/h1-5,10-11H,6-9,17H2. The van der Waals surface area contributed by atoms with Crippen LogP contribution in [0.15, 0.2) is 47.4 Å². The van der Waals surface area contributed by atoms with E-state index in [1.807, 2.05) is 30.0 Å². The number of fused-ring (bicyclic) bond motifs is 1. The topological polar surface area (TPSA) is 35.2 Å². The van der Waals surface area contributed by atoms with Crippen LogP contribution in [0.1, 0.15) is 11.1 Å². The highest BCUT2D eigenvalue weighted by Crippen LogP contribution is 2.27. The molecular weight excluding hydrogens is 254 g/mol. The fourth-order valence-corrected chi connectivity index (χ4v) is 3.25. The van der Waals surface area contributed by atoms with Crippen LogP contribution in [0.3, 0.4) is 0 Å². The Morgan fingerprint density at radius 1 is 1.16 bits per heavy atom. The van der Waals surface area contributed by atoms with Crippen LogP contribution in [0.25, 0.3) is 0 Å². The first-order chi connectivity index (χ1) is 9.31. The molecule has 1 heterocycles. The molecule has 3 heteroatoms. The Hall–Kier alpha value is -1.61. The summed E-state index contributed by atoms with van der Waals surface area (Å²) < 4.78 is 5.52. The molecule has 0 aromatic heterocycles. The zero-order chi connectivity index (χ0) is 13.1. The molecule has 0 spiro atoms. The number of benzene rings is 2. The lowest BCUT2D eigenvalue weighted by Gasteiger charge is -2.05. The van der Waals surface area contributed by atoms with E-state index in [1.54, 1.807) is 0 Å². The van der Waals surface area contributed by atoms with E-state index in [1.165, 1.54) is 16.0 Å². The highest BCUT2D eigenvalue weighted by molar-refractivity contribution is 7.99. The summed E-state index contributed by atoms with van der Waals surface area (Å²) in [6.07, 6.45) is 2.12. The van der Waals surface area contributed by atoms with Gasteiger partial charge in [0, 0.05) is 22.8 Å². The Bertz CT molecular complexity index is 583. The van der Waals surface area contributed by atoms with Crippen molar-refractivity contribution in [2.24, 2.45) is 0 Å². The predicted molar refractivity (Wildman–Crippen MR) is 80.9 cm³/mol. The van der Waals surface area contributed by atoms with E-state index in [-0.39, 0.29) is 0 Å². The predicted octanol–water partition coefficient (Wildman–Crippen LogP) is 3.54. The lowest BCUT2D eigenvalue weighted by Crippen LogP contribution is -1.90. The van der Waals surface area contributed by atoms with Crippen LogP contribution >= 0.6 is 11.8 Å². The molecule has 0 atom stereocenters. The van der Waals surface area contributed by atoms with Crippen molar-refractivity contribution in [3.8, 4) is 5.75 Å². The number of anilines is 1. The zero-order valence-corrected chi connectivity index (χ0v) is 11.6. The smallest absolute Gasteiger partial charge is 0.122 e. The molecule has 0 saturated heterocycles. The molecule has 0 radical (unpaired) electrons. The summed E-state index contributed by atoms with van der Waals surface area (Å²) in [4.78, 5) is 1.24. The summed E-state index contributed by atoms with van der Waals surface area (Å²) in [5.41, 5.74) is 9.35. The number of hydrogen-bond donors (Lipinski definition) is 1. The third-order valence-electron chi connectivity index (χ3n) is 3.27. The van der Waals surface area contributed by atoms with Gasteiger partial charge in [-0.1, -0.05) is 18.2 Å². The minimum atomic E-state index is 0.830. The molecule has 1 aliphatic rings. The summed E-state index contributed by atoms with van der Waals surface area (Å²) in [6, 6.07) is 14.6. The number of ether oxygens (including phenoxy) is 1. The second-order valence-corrected chi connectivity index (χ2v) is 5.88.